The number of nitrogens with one attached hydrogen (secondary N) is 1. The molecule has 0 aromatic heterocycles. The van der Waals surface area contributed by atoms with E-state index in [0.717, 1.165) is 48.5 Å². The SMILES string of the molecule is Cc1cc(CSc2ccccc2)ccc1NC(=O)C1CCN(Cc2ccccc2F)CC1. The first-order chi connectivity index (χ1) is 15.6. The lowest BCUT2D eigenvalue weighted by atomic mass is 9.95. The molecule has 32 heavy (non-hydrogen) atoms. The minimum atomic E-state index is -0.159. The van der Waals surface area contributed by atoms with Crippen LogP contribution in [0.2, 0.25) is 0 Å². The largest absolute Gasteiger partial charge is 0.326 e. The van der Waals surface area contributed by atoms with Gasteiger partial charge in [-0.1, -0.05) is 48.5 Å². The Kier molecular flexibility index (Phi) is 7.61. The molecule has 0 spiro atoms. The number of thioether (sulfide) groups is 1. The molecule has 1 N–H and O–H groups in total. The van der Waals surface area contributed by atoms with Crippen LogP contribution in [0.25, 0.3) is 0 Å². The van der Waals surface area contributed by atoms with E-state index in [1.54, 1.807) is 6.07 Å². The number of piperidine rings is 1. The average Bonchev–Trinajstić information content (AvgIpc) is 2.82. The first-order valence-corrected chi connectivity index (χ1v) is 12.1. The maximum atomic E-state index is 13.9. The summed E-state index contributed by atoms with van der Waals surface area (Å²) >= 11 is 1.81. The standard InChI is InChI=1S/C27H29FN2OS/c1-20-17-21(19-32-24-8-3-2-4-9-24)11-12-26(20)29-27(31)22-13-15-30(16-14-22)18-23-7-5-6-10-25(23)28/h2-12,17,22H,13-16,18-19H2,1H3,(H,29,31). The fourth-order valence-corrected chi connectivity index (χ4v) is 4.96. The van der Waals surface area contributed by atoms with Gasteiger partial charge in [-0.25, -0.2) is 4.39 Å². The molecule has 0 atom stereocenters. The number of likely N-dealkylation sites (tertiary alicyclic amines) is 1. The molecule has 0 radical (unpaired) electrons. The van der Waals surface area contributed by atoms with Crippen molar-refractivity contribution in [2.45, 2.75) is 37.0 Å². The number of benzene rings is 3. The van der Waals surface area contributed by atoms with Gasteiger partial charge in [0.1, 0.15) is 5.82 Å². The predicted octanol–water partition coefficient (Wildman–Crippen LogP) is 6.28. The Balaban J connectivity index is 1.27. The van der Waals surface area contributed by atoms with Crippen LogP contribution in [0.4, 0.5) is 10.1 Å². The summed E-state index contributed by atoms with van der Waals surface area (Å²) in [6, 6.07) is 23.5. The second kappa shape index (κ2) is 10.8. The van der Waals surface area contributed by atoms with Gasteiger partial charge in [0.15, 0.2) is 0 Å². The van der Waals surface area contributed by atoms with E-state index in [1.807, 2.05) is 43.0 Å². The van der Waals surface area contributed by atoms with Crippen LogP contribution in [0.1, 0.15) is 29.5 Å². The molecule has 3 aromatic rings. The van der Waals surface area contributed by atoms with Gasteiger partial charge in [0.25, 0.3) is 0 Å². The molecule has 0 aliphatic carbocycles. The fourth-order valence-electron chi connectivity index (χ4n) is 4.09. The smallest absolute Gasteiger partial charge is 0.227 e. The topological polar surface area (TPSA) is 32.3 Å². The van der Waals surface area contributed by atoms with Crippen LogP contribution in [0.15, 0.2) is 77.7 Å². The Hall–Kier alpha value is -2.63. The van der Waals surface area contributed by atoms with Crippen molar-refractivity contribution >= 4 is 23.4 Å². The van der Waals surface area contributed by atoms with Crippen molar-refractivity contribution in [3.05, 3.63) is 95.3 Å². The maximum absolute atomic E-state index is 13.9. The average molecular weight is 449 g/mol. The summed E-state index contributed by atoms with van der Waals surface area (Å²) in [7, 11) is 0. The van der Waals surface area contributed by atoms with Gasteiger partial charge in [-0.05, 0) is 68.2 Å². The molecule has 1 aliphatic heterocycles. The highest BCUT2D eigenvalue weighted by molar-refractivity contribution is 7.98. The molecule has 0 unspecified atom stereocenters. The van der Waals surface area contributed by atoms with Crippen LogP contribution < -0.4 is 5.32 Å². The van der Waals surface area contributed by atoms with E-state index in [0.29, 0.717) is 6.54 Å². The van der Waals surface area contributed by atoms with Gasteiger partial charge in [0.05, 0.1) is 0 Å². The summed E-state index contributed by atoms with van der Waals surface area (Å²) in [6.07, 6.45) is 1.59. The zero-order chi connectivity index (χ0) is 22.3. The molecular weight excluding hydrogens is 419 g/mol. The number of rotatable bonds is 7. The van der Waals surface area contributed by atoms with E-state index in [-0.39, 0.29) is 17.6 Å². The van der Waals surface area contributed by atoms with Crippen molar-refractivity contribution in [1.82, 2.24) is 4.90 Å². The molecule has 5 heteroatoms. The predicted molar refractivity (Wildman–Crippen MR) is 130 cm³/mol. The highest BCUT2D eigenvalue weighted by Gasteiger charge is 2.25. The molecule has 1 heterocycles. The Labute approximate surface area is 194 Å². The summed E-state index contributed by atoms with van der Waals surface area (Å²) in [4.78, 5) is 16.3. The van der Waals surface area contributed by atoms with E-state index in [1.165, 1.54) is 16.5 Å². The summed E-state index contributed by atoms with van der Waals surface area (Å²) < 4.78 is 13.9. The van der Waals surface area contributed by atoms with Crippen LogP contribution >= 0.6 is 11.8 Å². The molecule has 1 fully saturated rings. The van der Waals surface area contributed by atoms with Gasteiger partial charge in [0.2, 0.25) is 5.91 Å². The lowest BCUT2D eigenvalue weighted by Gasteiger charge is -2.31. The minimum Gasteiger partial charge on any atom is -0.326 e. The zero-order valence-electron chi connectivity index (χ0n) is 18.4. The van der Waals surface area contributed by atoms with Crippen molar-refractivity contribution in [1.29, 1.82) is 0 Å². The Bertz CT molecular complexity index is 1050. The lowest BCUT2D eigenvalue weighted by Crippen LogP contribution is -2.38. The molecular formula is C27H29FN2OS. The number of aryl methyl sites for hydroxylation is 1. The number of nitrogens with zero attached hydrogens (tertiary/aromatic N) is 1. The number of halogens is 1. The quantitative estimate of drug-likeness (QED) is 0.432. The number of amides is 1. The third kappa shape index (κ3) is 5.99. The lowest BCUT2D eigenvalue weighted by molar-refractivity contribution is -0.121. The normalized spacial score (nSPS) is 14.9. The summed E-state index contributed by atoms with van der Waals surface area (Å²) in [5.41, 5.74) is 3.94. The second-order valence-electron chi connectivity index (χ2n) is 8.38. The summed E-state index contributed by atoms with van der Waals surface area (Å²) in [5.74, 6) is 0.831. The first-order valence-electron chi connectivity index (χ1n) is 11.1. The maximum Gasteiger partial charge on any atom is 0.227 e. The van der Waals surface area contributed by atoms with Crippen molar-refractivity contribution < 1.29 is 9.18 Å². The molecule has 3 aromatic carbocycles. The third-order valence-electron chi connectivity index (χ3n) is 6.01. The summed E-state index contributed by atoms with van der Waals surface area (Å²) in [5, 5.41) is 3.13. The molecule has 3 nitrogen and oxygen atoms in total. The van der Waals surface area contributed by atoms with Crippen LogP contribution in [-0.4, -0.2) is 23.9 Å². The number of carbonyl (C=O) groups excluding carboxylic acids is 1. The van der Waals surface area contributed by atoms with E-state index in [9.17, 15) is 9.18 Å². The molecule has 1 amide bonds. The summed E-state index contributed by atoms with van der Waals surface area (Å²) in [6.45, 7) is 4.26. The highest BCUT2D eigenvalue weighted by Crippen LogP contribution is 2.26. The number of hydrogen-bond donors (Lipinski definition) is 1. The second-order valence-corrected chi connectivity index (χ2v) is 9.43. The van der Waals surface area contributed by atoms with Crippen molar-refractivity contribution in [3.8, 4) is 0 Å². The van der Waals surface area contributed by atoms with Gasteiger partial charge in [-0.15, -0.1) is 11.8 Å². The Morgan fingerprint density at radius 3 is 2.47 bits per heavy atom. The molecule has 0 bridgehead atoms. The van der Waals surface area contributed by atoms with Crippen molar-refractivity contribution in [2.75, 3.05) is 18.4 Å². The van der Waals surface area contributed by atoms with Gasteiger partial charge in [0, 0.05) is 34.4 Å². The fraction of sp³-hybridized carbons (Fsp3) is 0.296. The Morgan fingerprint density at radius 2 is 1.75 bits per heavy atom. The molecule has 4 rings (SSSR count). The van der Waals surface area contributed by atoms with Gasteiger partial charge >= 0.3 is 0 Å². The van der Waals surface area contributed by atoms with Gasteiger partial charge in [-0.3, -0.25) is 9.69 Å². The van der Waals surface area contributed by atoms with E-state index < -0.39 is 0 Å². The van der Waals surface area contributed by atoms with E-state index in [2.05, 4.69) is 46.6 Å². The molecule has 1 saturated heterocycles. The monoisotopic (exact) mass is 448 g/mol. The van der Waals surface area contributed by atoms with E-state index in [4.69, 9.17) is 0 Å². The number of carbonyl (C=O) groups is 1. The van der Waals surface area contributed by atoms with E-state index >= 15 is 0 Å². The van der Waals surface area contributed by atoms with Crippen LogP contribution in [-0.2, 0) is 17.1 Å². The van der Waals surface area contributed by atoms with Crippen LogP contribution in [0.3, 0.4) is 0 Å². The zero-order valence-corrected chi connectivity index (χ0v) is 19.2. The molecule has 1 aliphatic rings. The van der Waals surface area contributed by atoms with Gasteiger partial charge < -0.3 is 5.32 Å². The third-order valence-corrected chi connectivity index (χ3v) is 7.09. The highest BCUT2D eigenvalue weighted by atomic mass is 32.2. The number of hydrogen-bond acceptors (Lipinski definition) is 3. The molecule has 166 valence electrons. The Morgan fingerprint density at radius 1 is 1.03 bits per heavy atom. The first kappa shape index (κ1) is 22.6. The van der Waals surface area contributed by atoms with Gasteiger partial charge in [-0.2, -0.15) is 0 Å². The van der Waals surface area contributed by atoms with Crippen molar-refractivity contribution in [3.63, 3.8) is 0 Å². The van der Waals surface area contributed by atoms with Crippen molar-refractivity contribution in [2.24, 2.45) is 5.92 Å². The van der Waals surface area contributed by atoms with Crippen LogP contribution in [0, 0.1) is 18.7 Å². The molecule has 0 saturated carbocycles. The van der Waals surface area contributed by atoms with Crippen LogP contribution in [0.5, 0.6) is 0 Å². The number of anilines is 1. The minimum absolute atomic E-state index is 0.000386.